The van der Waals surface area contributed by atoms with E-state index in [9.17, 15) is 14.0 Å². The first-order valence-electron chi connectivity index (χ1n) is 8.70. The second-order valence-corrected chi connectivity index (χ2v) is 6.88. The smallest absolute Gasteiger partial charge is 0.254 e. The molecule has 0 bridgehead atoms. The lowest BCUT2D eigenvalue weighted by atomic mass is 10.1. The Morgan fingerprint density at radius 2 is 1.81 bits per heavy atom. The van der Waals surface area contributed by atoms with E-state index in [2.05, 4.69) is 6.07 Å². The Bertz CT molecular complexity index is 929. The van der Waals surface area contributed by atoms with Crippen LogP contribution >= 0.6 is 0 Å². The molecule has 0 radical (unpaired) electrons. The number of carbonyl (C=O) groups is 2. The molecule has 1 saturated heterocycles. The van der Waals surface area contributed by atoms with Gasteiger partial charge in [0.15, 0.2) is 0 Å². The quantitative estimate of drug-likeness (QED) is 0.840. The zero-order chi connectivity index (χ0) is 19.6. The van der Waals surface area contributed by atoms with Gasteiger partial charge in [0, 0.05) is 25.2 Å². The number of hydrogen-bond acceptors (Lipinski definition) is 3. The summed E-state index contributed by atoms with van der Waals surface area (Å²) in [5.41, 5.74) is 3.51. The van der Waals surface area contributed by atoms with E-state index in [-0.39, 0.29) is 23.6 Å². The summed E-state index contributed by atoms with van der Waals surface area (Å²) in [4.78, 5) is 28.2. The molecule has 1 aliphatic heterocycles. The van der Waals surface area contributed by atoms with Gasteiger partial charge in [0.1, 0.15) is 12.4 Å². The highest BCUT2D eigenvalue weighted by Crippen LogP contribution is 2.16. The molecule has 138 valence electrons. The summed E-state index contributed by atoms with van der Waals surface area (Å²) in [6.45, 7) is 5.27. The number of nitriles is 1. The van der Waals surface area contributed by atoms with E-state index < -0.39 is 11.7 Å². The number of nitrogens with zero attached hydrogens (tertiary/aromatic N) is 3. The largest absolute Gasteiger partial charge is 0.335 e. The van der Waals surface area contributed by atoms with Crippen molar-refractivity contribution in [3.63, 3.8) is 0 Å². The first-order chi connectivity index (χ1) is 12.9. The Labute approximate surface area is 157 Å². The van der Waals surface area contributed by atoms with Gasteiger partial charge in [-0.1, -0.05) is 29.3 Å². The van der Waals surface area contributed by atoms with Crippen molar-refractivity contribution in [2.75, 3.05) is 19.6 Å². The van der Waals surface area contributed by atoms with E-state index in [0.717, 1.165) is 28.8 Å². The monoisotopic (exact) mass is 365 g/mol. The average molecular weight is 365 g/mol. The molecule has 3 rings (SSSR count). The molecule has 1 aliphatic rings. The van der Waals surface area contributed by atoms with E-state index in [1.165, 1.54) is 11.0 Å². The highest BCUT2D eigenvalue weighted by Gasteiger charge is 2.28. The summed E-state index contributed by atoms with van der Waals surface area (Å²) in [7, 11) is 0. The van der Waals surface area contributed by atoms with Gasteiger partial charge in [-0.15, -0.1) is 0 Å². The third-order valence-electron chi connectivity index (χ3n) is 4.53. The fraction of sp³-hybridized carbons (Fsp3) is 0.286. The van der Waals surface area contributed by atoms with Crippen LogP contribution in [-0.2, 0) is 11.3 Å². The Hall–Kier alpha value is -3.20. The number of amides is 2. The summed E-state index contributed by atoms with van der Waals surface area (Å²) in [5.74, 6) is -1.23. The molecule has 0 atom stereocenters. The van der Waals surface area contributed by atoms with Gasteiger partial charge in [0.25, 0.3) is 5.91 Å². The topological polar surface area (TPSA) is 64.4 Å². The molecule has 0 aromatic heterocycles. The Morgan fingerprint density at radius 3 is 2.44 bits per heavy atom. The van der Waals surface area contributed by atoms with E-state index in [4.69, 9.17) is 5.26 Å². The van der Waals surface area contributed by atoms with E-state index in [0.29, 0.717) is 19.6 Å². The van der Waals surface area contributed by atoms with Crippen LogP contribution in [0.1, 0.15) is 32.6 Å². The minimum Gasteiger partial charge on any atom is -0.335 e. The number of rotatable bonds is 3. The van der Waals surface area contributed by atoms with Crippen LogP contribution < -0.4 is 0 Å². The molecular weight excluding hydrogens is 345 g/mol. The molecule has 0 spiro atoms. The highest BCUT2D eigenvalue weighted by atomic mass is 19.1. The standard InChI is InChI=1S/C21H20FN3O2/c1-14-5-15(2)7-17(6-14)12-24-3-4-25(13-20(24)26)21(27)18-8-16(11-23)9-19(22)10-18/h5-10H,3-4,12-13H2,1-2H3. The summed E-state index contributed by atoms with van der Waals surface area (Å²) >= 11 is 0. The summed E-state index contributed by atoms with van der Waals surface area (Å²) in [6, 6.07) is 11.5. The lowest BCUT2D eigenvalue weighted by molar-refractivity contribution is -0.135. The van der Waals surface area contributed by atoms with Gasteiger partial charge in [-0.2, -0.15) is 5.26 Å². The first-order valence-corrected chi connectivity index (χ1v) is 8.70. The van der Waals surface area contributed by atoms with Crippen molar-refractivity contribution in [2.45, 2.75) is 20.4 Å². The van der Waals surface area contributed by atoms with Gasteiger partial charge in [-0.3, -0.25) is 9.59 Å². The zero-order valence-electron chi connectivity index (χ0n) is 15.3. The van der Waals surface area contributed by atoms with Crippen molar-refractivity contribution in [3.05, 3.63) is 70.0 Å². The molecule has 0 N–H and O–H groups in total. The second kappa shape index (κ2) is 7.58. The number of carbonyl (C=O) groups excluding carboxylic acids is 2. The summed E-state index contributed by atoms with van der Waals surface area (Å²) < 4.78 is 13.6. The molecule has 1 heterocycles. The minimum atomic E-state index is -0.642. The van der Waals surface area contributed by atoms with Crippen LogP contribution in [0.5, 0.6) is 0 Å². The summed E-state index contributed by atoms with van der Waals surface area (Å²) in [6.07, 6.45) is 0. The third-order valence-corrected chi connectivity index (χ3v) is 4.53. The van der Waals surface area contributed by atoms with Crippen molar-refractivity contribution in [1.82, 2.24) is 9.80 Å². The Balaban J connectivity index is 1.69. The maximum atomic E-state index is 13.6. The second-order valence-electron chi connectivity index (χ2n) is 6.88. The molecular formula is C21H20FN3O2. The third kappa shape index (κ3) is 4.32. The maximum Gasteiger partial charge on any atom is 0.254 e. The molecule has 2 aromatic rings. The van der Waals surface area contributed by atoms with E-state index in [1.807, 2.05) is 32.0 Å². The average Bonchev–Trinajstić information content (AvgIpc) is 2.61. The maximum absolute atomic E-state index is 13.6. The molecule has 5 nitrogen and oxygen atoms in total. The SMILES string of the molecule is Cc1cc(C)cc(CN2CCN(C(=O)c3cc(F)cc(C#N)c3)CC2=O)c1. The van der Waals surface area contributed by atoms with Gasteiger partial charge >= 0.3 is 0 Å². The fourth-order valence-corrected chi connectivity index (χ4v) is 3.39. The zero-order valence-corrected chi connectivity index (χ0v) is 15.3. The molecule has 1 fully saturated rings. The van der Waals surface area contributed by atoms with E-state index in [1.54, 1.807) is 4.90 Å². The normalized spacial score (nSPS) is 14.2. The van der Waals surface area contributed by atoms with Gasteiger partial charge in [0.05, 0.1) is 11.6 Å². The number of piperazine rings is 1. The highest BCUT2D eigenvalue weighted by molar-refractivity contribution is 5.97. The van der Waals surface area contributed by atoms with Crippen LogP contribution in [-0.4, -0.2) is 41.2 Å². The fourth-order valence-electron chi connectivity index (χ4n) is 3.39. The Kier molecular flexibility index (Phi) is 5.22. The predicted octanol–water partition coefficient (Wildman–Crippen LogP) is 2.80. The molecule has 6 heteroatoms. The van der Waals surface area contributed by atoms with Crippen LogP contribution in [0.4, 0.5) is 4.39 Å². The molecule has 0 unspecified atom stereocenters. The molecule has 0 aliphatic carbocycles. The van der Waals surface area contributed by atoms with Crippen molar-refractivity contribution in [3.8, 4) is 6.07 Å². The lowest BCUT2D eigenvalue weighted by Crippen LogP contribution is -2.51. The van der Waals surface area contributed by atoms with Gasteiger partial charge in [-0.05, 0) is 37.6 Å². The predicted molar refractivity (Wildman–Crippen MR) is 98.4 cm³/mol. The summed E-state index contributed by atoms with van der Waals surface area (Å²) in [5, 5.41) is 8.93. The van der Waals surface area contributed by atoms with Crippen molar-refractivity contribution < 1.29 is 14.0 Å². The van der Waals surface area contributed by atoms with Gasteiger partial charge in [0.2, 0.25) is 5.91 Å². The van der Waals surface area contributed by atoms with Crippen molar-refractivity contribution >= 4 is 11.8 Å². The molecule has 27 heavy (non-hydrogen) atoms. The number of halogens is 1. The van der Waals surface area contributed by atoms with Crippen LogP contribution in [0.15, 0.2) is 36.4 Å². The van der Waals surface area contributed by atoms with Crippen LogP contribution in [0.25, 0.3) is 0 Å². The Morgan fingerprint density at radius 1 is 1.11 bits per heavy atom. The van der Waals surface area contributed by atoms with Crippen molar-refractivity contribution in [2.24, 2.45) is 0 Å². The molecule has 2 aromatic carbocycles. The minimum absolute atomic E-state index is 0.0535. The number of hydrogen-bond donors (Lipinski definition) is 0. The number of benzene rings is 2. The molecule has 0 saturated carbocycles. The van der Waals surface area contributed by atoms with Gasteiger partial charge in [-0.25, -0.2) is 4.39 Å². The lowest BCUT2D eigenvalue weighted by Gasteiger charge is -2.34. The van der Waals surface area contributed by atoms with Crippen LogP contribution in [0, 0.1) is 31.0 Å². The molecule has 2 amide bonds. The van der Waals surface area contributed by atoms with Crippen LogP contribution in [0.2, 0.25) is 0 Å². The number of aryl methyl sites for hydroxylation is 2. The van der Waals surface area contributed by atoms with Crippen LogP contribution in [0.3, 0.4) is 0 Å². The first kappa shape index (κ1) is 18.6. The van der Waals surface area contributed by atoms with Gasteiger partial charge < -0.3 is 9.80 Å². The van der Waals surface area contributed by atoms with Crippen molar-refractivity contribution in [1.29, 1.82) is 5.26 Å². The van der Waals surface area contributed by atoms with E-state index >= 15 is 0 Å².